The van der Waals surface area contributed by atoms with Gasteiger partial charge in [0.1, 0.15) is 11.7 Å². The van der Waals surface area contributed by atoms with Gasteiger partial charge >= 0.3 is 0 Å². The molecule has 0 saturated carbocycles. The second-order valence-corrected chi connectivity index (χ2v) is 5.05. The normalized spacial score (nSPS) is 13.9. The average molecular weight is 302 g/mol. The van der Waals surface area contributed by atoms with Gasteiger partial charge in [-0.2, -0.15) is 0 Å². The molecule has 2 aromatic carbocycles. The molecule has 2 aromatic rings. The average Bonchev–Trinajstić information content (AvgIpc) is 2.67. The number of rotatable bonds is 1. The van der Waals surface area contributed by atoms with E-state index in [-0.39, 0.29) is 5.82 Å². The minimum absolute atomic E-state index is 0.310. The molecule has 3 nitrogen and oxygen atoms in total. The smallest absolute Gasteiger partial charge is 0.132 e. The zero-order valence-electron chi connectivity index (χ0n) is 11.4. The highest BCUT2D eigenvalue weighted by Crippen LogP contribution is 2.28. The van der Waals surface area contributed by atoms with Gasteiger partial charge in [-0.15, -0.1) is 0 Å². The van der Waals surface area contributed by atoms with Crippen LogP contribution in [-0.4, -0.2) is 25.1 Å². The van der Waals surface area contributed by atoms with E-state index in [9.17, 15) is 4.39 Å². The Kier molecular flexibility index (Phi) is 3.71. The summed E-state index contributed by atoms with van der Waals surface area (Å²) >= 11 is 6.08. The summed E-state index contributed by atoms with van der Waals surface area (Å²) in [5.74, 6) is 0.417. The van der Waals surface area contributed by atoms with E-state index < -0.39 is 0 Å². The summed E-state index contributed by atoms with van der Waals surface area (Å²) in [5, 5.41) is 3.57. The van der Waals surface area contributed by atoms with E-state index in [1.165, 1.54) is 6.07 Å². The van der Waals surface area contributed by atoms with Gasteiger partial charge in [0, 0.05) is 23.2 Å². The number of amidine groups is 1. The van der Waals surface area contributed by atoms with Crippen LogP contribution >= 0.6 is 11.6 Å². The molecule has 1 aliphatic heterocycles. The number of likely N-dealkylation sites (N-methyl/N-ethyl adjacent to an activating group) is 1. The Labute approximate surface area is 127 Å². The van der Waals surface area contributed by atoms with Crippen molar-refractivity contribution >= 4 is 28.8 Å². The van der Waals surface area contributed by atoms with Crippen LogP contribution in [0.5, 0.6) is 0 Å². The van der Waals surface area contributed by atoms with Crippen molar-refractivity contribution in [2.45, 2.75) is 0 Å². The molecule has 5 heteroatoms. The Balaban J connectivity index is 2.22. The largest absolute Gasteiger partial charge is 0.375 e. The Hall–Kier alpha value is -2.20. The molecule has 0 saturated heterocycles. The first-order valence-corrected chi connectivity index (χ1v) is 6.91. The first-order valence-electron chi connectivity index (χ1n) is 6.53. The van der Waals surface area contributed by atoms with Gasteiger partial charge in [0.15, 0.2) is 0 Å². The summed E-state index contributed by atoms with van der Waals surface area (Å²) in [6.45, 7) is 0.368. The Morgan fingerprint density at radius 3 is 2.71 bits per heavy atom. The molecule has 0 fully saturated rings. The lowest BCUT2D eigenvalue weighted by molar-refractivity contribution is 0.625. The second-order valence-electron chi connectivity index (χ2n) is 4.61. The Bertz CT molecular complexity index is 753. The lowest BCUT2D eigenvalue weighted by Crippen LogP contribution is -2.21. The predicted molar refractivity (Wildman–Crippen MR) is 84.5 cm³/mol. The highest BCUT2D eigenvalue weighted by molar-refractivity contribution is 6.31. The summed E-state index contributed by atoms with van der Waals surface area (Å²) in [6.07, 6.45) is 0. The molecule has 0 aromatic heterocycles. The van der Waals surface area contributed by atoms with E-state index in [0.717, 1.165) is 17.1 Å². The van der Waals surface area contributed by atoms with E-state index in [2.05, 4.69) is 15.3 Å². The fraction of sp³-hybridized carbons (Fsp3) is 0.125. The van der Waals surface area contributed by atoms with Crippen molar-refractivity contribution in [1.29, 1.82) is 0 Å². The van der Waals surface area contributed by atoms with Gasteiger partial charge in [0.25, 0.3) is 0 Å². The summed E-state index contributed by atoms with van der Waals surface area (Å²) in [5.41, 5.74) is 2.48. The van der Waals surface area contributed by atoms with Gasteiger partial charge in [-0.05, 0) is 30.3 Å². The van der Waals surface area contributed by atoms with Crippen molar-refractivity contribution < 1.29 is 4.39 Å². The van der Waals surface area contributed by atoms with Crippen molar-refractivity contribution in [2.24, 2.45) is 9.98 Å². The van der Waals surface area contributed by atoms with Gasteiger partial charge in [-0.3, -0.25) is 4.99 Å². The minimum Gasteiger partial charge on any atom is -0.375 e. The predicted octanol–water partition coefficient (Wildman–Crippen LogP) is 3.58. The molecule has 3 rings (SSSR count). The molecule has 106 valence electrons. The molecule has 1 heterocycles. The van der Waals surface area contributed by atoms with Crippen molar-refractivity contribution in [3.63, 3.8) is 0 Å². The quantitative estimate of drug-likeness (QED) is 0.859. The van der Waals surface area contributed by atoms with E-state index in [1.54, 1.807) is 37.4 Å². The lowest BCUT2D eigenvalue weighted by atomic mass is 10.0. The van der Waals surface area contributed by atoms with Crippen LogP contribution in [0.15, 0.2) is 52.4 Å². The van der Waals surface area contributed by atoms with E-state index >= 15 is 0 Å². The molecule has 0 radical (unpaired) electrons. The number of benzene rings is 2. The molecule has 0 unspecified atom stereocenters. The van der Waals surface area contributed by atoms with Crippen LogP contribution in [0.25, 0.3) is 0 Å². The van der Waals surface area contributed by atoms with E-state index in [0.29, 0.717) is 22.8 Å². The van der Waals surface area contributed by atoms with Crippen molar-refractivity contribution in [3.05, 3.63) is 64.4 Å². The van der Waals surface area contributed by atoms with Crippen LogP contribution in [-0.2, 0) is 0 Å². The molecule has 0 bridgehead atoms. The number of hydrogen-bond acceptors (Lipinski definition) is 3. The number of aliphatic imine (C=N–C) groups is 2. The van der Waals surface area contributed by atoms with Crippen LogP contribution in [0.1, 0.15) is 11.1 Å². The maximum atomic E-state index is 14.1. The van der Waals surface area contributed by atoms with Gasteiger partial charge in [-0.1, -0.05) is 23.7 Å². The number of nitrogens with one attached hydrogen (secondary N) is 1. The number of halogens is 2. The third kappa shape index (κ3) is 2.67. The van der Waals surface area contributed by atoms with Crippen LogP contribution in [0.3, 0.4) is 0 Å². The zero-order chi connectivity index (χ0) is 14.8. The molecular formula is C16H13ClFN3. The standard InChI is InChI=1S/C16H13ClFN3/c1-19-15-9-20-16(11-4-2-3-5-13(11)18)12-8-10(17)6-7-14(12)21-15/h2-8H,9H2,1H3,(H,19,21). The molecule has 21 heavy (non-hydrogen) atoms. The maximum Gasteiger partial charge on any atom is 0.132 e. The topological polar surface area (TPSA) is 36.8 Å². The zero-order valence-corrected chi connectivity index (χ0v) is 12.2. The second kappa shape index (κ2) is 5.66. The molecule has 0 spiro atoms. The van der Waals surface area contributed by atoms with Gasteiger partial charge < -0.3 is 5.32 Å². The highest BCUT2D eigenvalue weighted by atomic mass is 35.5. The first-order chi connectivity index (χ1) is 10.2. The van der Waals surface area contributed by atoms with Crippen molar-refractivity contribution in [1.82, 2.24) is 5.32 Å². The Morgan fingerprint density at radius 2 is 1.95 bits per heavy atom. The number of nitrogens with zero attached hydrogens (tertiary/aromatic N) is 2. The third-order valence-corrected chi connectivity index (χ3v) is 3.51. The Morgan fingerprint density at radius 1 is 1.14 bits per heavy atom. The minimum atomic E-state index is -0.310. The fourth-order valence-corrected chi connectivity index (χ4v) is 2.41. The monoisotopic (exact) mass is 301 g/mol. The van der Waals surface area contributed by atoms with Gasteiger partial charge in [-0.25, -0.2) is 9.38 Å². The fourth-order valence-electron chi connectivity index (χ4n) is 2.23. The number of hydrogen-bond donors (Lipinski definition) is 1. The molecule has 0 amide bonds. The van der Waals surface area contributed by atoms with Crippen molar-refractivity contribution in [3.8, 4) is 0 Å². The van der Waals surface area contributed by atoms with Crippen LogP contribution < -0.4 is 5.32 Å². The van der Waals surface area contributed by atoms with Crippen LogP contribution in [0, 0.1) is 5.82 Å². The number of fused-ring (bicyclic) bond motifs is 1. The third-order valence-electron chi connectivity index (χ3n) is 3.27. The van der Waals surface area contributed by atoms with Crippen molar-refractivity contribution in [2.75, 3.05) is 13.6 Å². The lowest BCUT2D eigenvalue weighted by Gasteiger charge is -2.09. The van der Waals surface area contributed by atoms with Gasteiger partial charge in [0.05, 0.1) is 17.9 Å². The van der Waals surface area contributed by atoms with E-state index in [4.69, 9.17) is 11.6 Å². The molecule has 1 N–H and O–H groups in total. The first kappa shape index (κ1) is 13.8. The molecule has 0 atom stereocenters. The van der Waals surface area contributed by atoms with E-state index in [1.807, 2.05) is 6.07 Å². The van der Waals surface area contributed by atoms with Gasteiger partial charge in [0.2, 0.25) is 0 Å². The summed E-state index contributed by atoms with van der Waals surface area (Å²) in [7, 11) is 1.79. The summed E-state index contributed by atoms with van der Waals surface area (Å²) in [4.78, 5) is 9.03. The SMILES string of the molecule is CNC1=Nc2ccc(Cl)cc2C(c2ccccc2F)=NC1. The summed E-state index contributed by atoms with van der Waals surface area (Å²) < 4.78 is 14.1. The summed E-state index contributed by atoms with van der Waals surface area (Å²) in [6, 6.07) is 11.9. The maximum absolute atomic E-state index is 14.1. The molecule has 0 aliphatic carbocycles. The molecule has 1 aliphatic rings. The van der Waals surface area contributed by atoms with Crippen LogP contribution in [0.4, 0.5) is 10.1 Å². The van der Waals surface area contributed by atoms with Crippen LogP contribution in [0.2, 0.25) is 5.02 Å². The molecular weight excluding hydrogens is 289 g/mol. The highest BCUT2D eigenvalue weighted by Gasteiger charge is 2.18.